The molecule has 3 aromatic heterocycles. The molecular weight excluding hydrogens is 682 g/mol. The summed E-state index contributed by atoms with van der Waals surface area (Å²) in [7, 11) is 6.06. The highest BCUT2D eigenvalue weighted by molar-refractivity contribution is 6.31. The van der Waals surface area contributed by atoms with Gasteiger partial charge in [0.1, 0.15) is 5.65 Å². The topological polar surface area (TPSA) is 69.8 Å². The number of likely N-dealkylation sites (N-methyl/N-ethyl adjacent to an activating group) is 1. The fraction of sp³-hybridized carbons (Fsp3) is 0.279. The summed E-state index contributed by atoms with van der Waals surface area (Å²) in [6.45, 7) is 7.30. The number of hydrogen-bond donors (Lipinski definition) is 0. The molecule has 2 amide bonds. The Balaban J connectivity index is 1.17. The van der Waals surface area contributed by atoms with Crippen LogP contribution in [0.2, 0.25) is 5.02 Å². The Hall–Kier alpha value is -5.22. The predicted octanol–water partition coefficient (Wildman–Crippen LogP) is 7.33. The van der Waals surface area contributed by atoms with E-state index in [4.69, 9.17) is 16.6 Å². The molecule has 8 rings (SSSR count). The lowest BCUT2D eigenvalue weighted by molar-refractivity contribution is 0.0536. The number of anilines is 2. The molecule has 0 spiro atoms. The number of pyridine rings is 1. The van der Waals surface area contributed by atoms with Crippen LogP contribution in [0.1, 0.15) is 37.5 Å². The molecule has 0 bridgehead atoms. The van der Waals surface area contributed by atoms with Gasteiger partial charge in [0.2, 0.25) is 0 Å². The number of carbonyl (C=O) groups excluding carboxylic acids is 2. The van der Waals surface area contributed by atoms with Crippen LogP contribution in [0.15, 0.2) is 103 Å². The van der Waals surface area contributed by atoms with Gasteiger partial charge in [0, 0.05) is 104 Å². The molecule has 0 N–H and O–H groups in total. The molecule has 3 aromatic carbocycles. The third-order valence-electron chi connectivity index (χ3n) is 11.1. The van der Waals surface area contributed by atoms with E-state index in [1.807, 2.05) is 103 Å². The number of amides is 2. The Labute approximate surface area is 315 Å². The van der Waals surface area contributed by atoms with Gasteiger partial charge in [-0.25, -0.2) is 4.98 Å². The number of aryl methyl sites for hydroxylation is 1. The molecule has 6 aromatic rings. The van der Waals surface area contributed by atoms with E-state index in [1.54, 1.807) is 17.2 Å². The van der Waals surface area contributed by atoms with Crippen LogP contribution in [-0.2, 0) is 27.1 Å². The molecule has 53 heavy (non-hydrogen) atoms. The molecule has 0 unspecified atom stereocenters. The number of fused-ring (bicyclic) bond motifs is 2. The first-order valence-electron chi connectivity index (χ1n) is 18.2. The van der Waals surface area contributed by atoms with Crippen molar-refractivity contribution in [2.24, 2.45) is 14.1 Å². The second-order valence-electron chi connectivity index (χ2n) is 14.5. The van der Waals surface area contributed by atoms with Crippen LogP contribution in [-0.4, -0.2) is 86.4 Å². The van der Waals surface area contributed by atoms with E-state index < -0.39 is 0 Å². The molecule has 2 aliphatic rings. The Morgan fingerprint density at radius 2 is 1.57 bits per heavy atom. The Morgan fingerprint density at radius 1 is 0.830 bits per heavy atom. The molecule has 1 fully saturated rings. The van der Waals surface area contributed by atoms with Gasteiger partial charge in [-0.1, -0.05) is 54.1 Å². The van der Waals surface area contributed by atoms with Crippen molar-refractivity contribution in [3.8, 4) is 11.3 Å². The van der Waals surface area contributed by atoms with E-state index in [0.29, 0.717) is 33.9 Å². The molecule has 10 heteroatoms. The van der Waals surface area contributed by atoms with Crippen molar-refractivity contribution in [2.75, 3.05) is 44.7 Å². The van der Waals surface area contributed by atoms with Gasteiger partial charge in [-0.15, -0.1) is 0 Å². The Bertz CT molecular complexity index is 2320. The Kier molecular flexibility index (Phi) is 9.41. The Morgan fingerprint density at radius 3 is 2.34 bits per heavy atom. The van der Waals surface area contributed by atoms with E-state index in [0.717, 1.165) is 67.3 Å². The number of piperazine rings is 1. The lowest BCUT2D eigenvalue weighted by Gasteiger charge is -2.41. The summed E-state index contributed by atoms with van der Waals surface area (Å²) in [6, 6.07) is 29.5. The van der Waals surface area contributed by atoms with Gasteiger partial charge < -0.3 is 18.9 Å². The second-order valence-corrected chi connectivity index (χ2v) is 14.9. The number of para-hydroxylation sites is 1. The van der Waals surface area contributed by atoms with Gasteiger partial charge in [0.25, 0.3) is 11.8 Å². The third-order valence-corrected chi connectivity index (χ3v) is 11.3. The molecule has 2 aliphatic heterocycles. The molecular formula is C43H44ClN7O2. The first-order valence-corrected chi connectivity index (χ1v) is 18.6. The molecule has 270 valence electrons. The van der Waals surface area contributed by atoms with Crippen LogP contribution in [0.5, 0.6) is 0 Å². The monoisotopic (exact) mass is 725 g/mol. The molecule has 0 radical (unpaired) electrons. The number of halogens is 1. The molecule has 9 nitrogen and oxygen atoms in total. The summed E-state index contributed by atoms with van der Waals surface area (Å²) < 4.78 is 3.95. The quantitative estimate of drug-likeness (QED) is 0.172. The largest absolute Gasteiger partial charge is 0.347 e. The maximum absolute atomic E-state index is 14.9. The SMILES string of the molecule is Cc1c(C(=O)N(c2ccccc2)c2cnc3c(ccn3C)c2)cc(-c2cc(Cl)ccc2C(=O)N2Cc3ccccc3C[C@H]2CN2CCN(C)CC2)n1C. The standard InChI is InChI=1S/C43H44ClN7O2/c1-29-38(43(53)51(34-12-6-5-7-13-34)35-23-31-16-17-47(3)41(31)45-26-35)25-40(48(29)4)39-24-33(44)14-15-37(39)42(52)50-27-32-11-9-8-10-30(32)22-36(50)28-49-20-18-46(2)19-21-49/h5-17,23-26,36H,18-22,27-28H2,1-4H3/t36-/m0/s1. The van der Waals surface area contributed by atoms with Crippen molar-refractivity contribution in [2.45, 2.75) is 25.9 Å². The molecule has 0 aliphatic carbocycles. The van der Waals surface area contributed by atoms with Crippen molar-refractivity contribution in [1.29, 1.82) is 0 Å². The van der Waals surface area contributed by atoms with Crippen molar-refractivity contribution >= 4 is 45.8 Å². The highest BCUT2D eigenvalue weighted by atomic mass is 35.5. The van der Waals surface area contributed by atoms with E-state index in [-0.39, 0.29) is 17.9 Å². The van der Waals surface area contributed by atoms with Gasteiger partial charge in [-0.3, -0.25) is 19.4 Å². The molecule has 1 atom stereocenters. The summed E-state index contributed by atoms with van der Waals surface area (Å²) in [4.78, 5) is 43.0. The van der Waals surface area contributed by atoms with Crippen LogP contribution < -0.4 is 4.90 Å². The minimum absolute atomic E-state index is 0.0200. The summed E-state index contributed by atoms with van der Waals surface area (Å²) in [6.07, 6.45) is 4.51. The third kappa shape index (κ3) is 6.65. The normalized spacial score (nSPS) is 16.5. The van der Waals surface area contributed by atoms with Gasteiger partial charge >= 0.3 is 0 Å². The van der Waals surface area contributed by atoms with Crippen LogP contribution >= 0.6 is 11.6 Å². The van der Waals surface area contributed by atoms with Crippen molar-refractivity contribution in [1.82, 2.24) is 28.8 Å². The highest BCUT2D eigenvalue weighted by Gasteiger charge is 2.34. The minimum Gasteiger partial charge on any atom is -0.347 e. The van der Waals surface area contributed by atoms with Gasteiger partial charge in [0.05, 0.1) is 17.4 Å². The van der Waals surface area contributed by atoms with Crippen molar-refractivity contribution in [3.05, 3.63) is 136 Å². The molecule has 5 heterocycles. The maximum Gasteiger partial charge on any atom is 0.264 e. The first-order chi connectivity index (χ1) is 25.7. The van der Waals surface area contributed by atoms with Crippen LogP contribution in [0, 0.1) is 6.92 Å². The molecule has 1 saturated heterocycles. The first kappa shape index (κ1) is 34.8. The average Bonchev–Trinajstić information content (AvgIpc) is 3.69. The zero-order valence-electron chi connectivity index (χ0n) is 30.7. The van der Waals surface area contributed by atoms with Gasteiger partial charge in [-0.05, 0) is 80.1 Å². The summed E-state index contributed by atoms with van der Waals surface area (Å²) in [5.41, 5.74) is 8.03. The zero-order valence-corrected chi connectivity index (χ0v) is 31.4. The van der Waals surface area contributed by atoms with Crippen LogP contribution in [0.3, 0.4) is 0 Å². The average molecular weight is 726 g/mol. The minimum atomic E-state index is -0.192. The number of benzene rings is 3. The number of rotatable bonds is 7. The van der Waals surface area contributed by atoms with Crippen LogP contribution in [0.4, 0.5) is 11.4 Å². The predicted molar refractivity (Wildman–Crippen MR) is 212 cm³/mol. The number of carbonyl (C=O) groups is 2. The van der Waals surface area contributed by atoms with Crippen molar-refractivity contribution < 1.29 is 9.59 Å². The van der Waals surface area contributed by atoms with Crippen molar-refractivity contribution in [3.63, 3.8) is 0 Å². The lowest BCUT2D eigenvalue weighted by atomic mass is 9.92. The fourth-order valence-corrected chi connectivity index (χ4v) is 8.08. The van der Waals surface area contributed by atoms with E-state index in [2.05, 4.69) is 39.9 Å². The van der Waals surface area contributed by atoms with E-state index in [9.17, 15) is 9.59 Å². The van der Waals surface area contributed by atoms with Crippen LogP contribution in [0.25, 0.3) is 22.3 Å². The van der Waals surface area contributed by atoms with Gasteiger partial charge in [-0.2, -0.15) is 0 Å². The summed E-state index contributed by atoms with van der Waals surface area (Å²) in [5, 5.41) is 1.46. The van der Waals surface area contributed by atoms with E-state index in [1.165, 1.54) is 11.1 Å². The summed E-state index contributed by atoms with van der Waals surface area (Å²) in [5.74, 6) is -0.229. The number of hydrogen-bond acceptors (Lipinski definition) is 5. The number of nitrogens with zero attached hydrogens (tertiary/aromatic N) is 7. The zero-order chi connectivity index (χ0) is 36.8. The fourth-order valence-electron chi connectivity index (χ4n) is 7.91. The van der Waals surface area contributed by atoms with Gasteiger partial charge in [0.15, 0.2) is 0 Å². The smallest absolute Gasteiger partial charge is 0.264 e. The van der Waals surface area contributed by atoms with E-state index >= 15 is 0 Å². The lowest BCUT2D eigenvalue weighted by Crippen LogP contribution is -2.53. The second kappa shape index (κ2) is 14.3. The highest BCUT2D eigenvalue weighted by Crippen LogP contribution is 2.36. The maximum atomic E-state index is 14.9. The molecule has 0 saturated carbocycles. The number of aromatic nitrogens is 3. The summed E-state index contributed by atoms with van der Waals surface area (Å²) >= 11 is 6.69.